The monoisotopic (exact) mass is 546 g/mol. The van der Waals surface area contributed by atoms with Crippen molar-refractivity contribution in [1.29, 1.82) is 0 Å². The fraction of sp³-hybridized carbons (Fsp3) is 0.154. The first kappa shape index (κ1) is 25.5. The molecular weight excluding hydrogens is 527 g/mol. The van der Waals surface area contributed by atoms with Gasteiger partial charge in [0.05, 0.1) is 27.2 Å². The van der Waals surface area contributed by atoms with E-state index >= 15 is 0 Å². The van der Waals surface area contributed by atoms with E-state index in [-0.39, 0.29) is 5.91 Å². The van der Waals surface area contributed by atoms with Crippen molar-refractivity contribution in [2.24, 2.45) is 4.99 Å². The minimum absolute atomic E-state index is 0.216. The smallest absolute Gasteiger partial charge is 0.264 e. The topological polar surface area (TPSA) is 59.9 Å². The van der Waals surface area contributed by atoms with Crippen LogP contribution in [0.1, 0.15) is 23.6 Å². The Kier molecular flexibility index (Phi) is 8.29. The number of ether oxygens (including phenoxy) is 2. The third kappa shape index (κ3) is 6.53. The summed E-state index contributed by atoms with van der Waals surface area (Å²) in [4.78, 5) is 17.6. The number of aliphatic imine (C=N–C) groups is 1. The number of hydrogen-bond donors (Lipinski definition) is 1. The second-order valence-corrected chi connectivity index (χ2v) is 9.87. The van der Waals surface area contributed by atoms with Gasteiger partial charge in [-0.2, -0.15) is 0 Å². The predicted octanol–water partition coefficient (Wildman–Crippen LogP) is 7.82. The summed E-state index contributed by atoms with van der Waals surface area (Å²) in [5.74, 6) is 0.947. The summed E-state index contributed by atoms with van der Waals surface area (Å²) in [7, 11) is 0. The van der Waals surface area contributed by atoms with Crippen molar-refractivity contribution < 1.29 is 14.3 Å². The van der Waals surface area contributed by atoms with Crippen LogP contribution < -0.4 is 14.8 Å². The molecule has 0 radical (unpaired) electrons. The highest BCUT2D eigenvalue weighted by Crippen LogP contribution is 2.34. The van der Waals surface area contributed by atoms with Crippen LogP contribution in [0.15, 0.2) is 64.5 Å². The number of carbonyl (C=O) groups is 1. The molecule has 0 aromatic heterocycles. The number of nitrogens with one attached hydrogen (secondary N) is 1. The molecule has 1 N–H and O–H groups in total. The highest BCUT2D eigenvalue weighted by Gasteiger charge is 2.24. The van der Waals surface area contributed by atoms with Crippen LogP contribution in [0.25, 0.3) is 6.08 Å². The number of nitrogens with zero attached hydrogens (tertiary/aromatic N) is 1. The molecule has 0 spiro atoms. The van der Waals surface area contributed by atoms with E-state index in [0.29, 0.717) is 55.5 Å². The van der Waals surface area contributed by atoms with Gasteiger partial charge in [-0.05, 0) is 84.8 Å². The van der Waals surface area contributed by atoms with Gasteiger partial charge in [-0.1, -0.05) is 53.0 Å². The normalized spacial score (nSPS) is 15.5. The quantitative estimate of drug-likeness (QED) is 0.306. The second-order valence-electron chi connectivity index (χ2n) is 7.59. The molecule has 1 amide bonds. The van der Waals surface area contributed by atoms with Gasteiger partial charge in [-0.15, -0.1) is 0 Å². The Hall–Kier alpha value is -2.64. The van der Waals surface area contributed by atoms with Gasteiger partial charge in [0, 0.05) is 5.02 Å². The van der Waals surface area contributed by atoms with Crippen LogP contribution in [0.4, 0.5) is 5.69 Å². The molecule has 0 atom stereocenters. The van der Waals surface area contributed by atoms with Crippen LogP contribution in [0.5, 0.6) is 11.5 Å². The molecule has 1 heterocycles. The lowest BCUT2D eigenvalue weighted by molar-refractivity contribution is -0.115. The molecule has 0 saturated carbocycles. The van der Waals surface area contributed by atoms with Gasteiger partial charge in [0.2, 0.25) is 0 Å². The maximum atomic E-state index is 12.5. The van der Waals surface area contributed by atoms with Crippen molar-refractivity contribution in [2.75, 3.05) is 6.61 Å². The van der Waals surface area contributed by atoms with E-state index in [1.165, 1.54) is 11.8 Å². The molecule has 1 aliphatic heterocycles. The summed E-state index contributed by atoms with van der Waals surface area (Å²) >= 11 is 19.4. The molecule has 3 aromatic rings. The molecule has 0 unspecified atom stereocenters. The highest BCUT2D eigenvalue weighted by atomic mass is 35.5. The Labute approximate surface area is 223 Å². The van der Waals surface area contributed by atoms with Crippen molar-refractivity contribution in [1.82, 2.24) is 5.32 Å². The minimum atomic E-state index is -0.216. The SMILES string of the molecule is CCOc1cc(/C=C2\SC(=Nc3cc(Cl)ccc3C)NC2=O)ccc1OCc1ccc(Cl)c(Cl)c1. The number of hydrogen-bond acceptors (Lipinski definition) is 5. The minimum Gasteiger partial charge on any atom is -0.490 e. The number of thioether (sulfide) groups is 1. The third-order valence-corrected chi connectivity index (χ3v) is 6.87. The first-order valence-electron chi connectivity index (χ1n) is 10.7. The van der Waals surface area contributed by atoms with E-state index in [1.54, 1.807) is 30.3 Å². The summed E-state index contributed by atoms with van der Waals surface area (Å²) in [5.41, 5.74) is 3.36. The molecule has 1 saturated heterocycles. The first-order valence-corrected chi connectivity index (χ1v) is 12.7. The number of halogens is 3. The molecule has 5 nitrogen and oxygen atoms in total. The van der Waals surface area contributed by atoms with Crippen LogP contribution in [0, 0.1) is 6.92 Å². The lowest BCUT2D eigenvalue weighted by Gasteiger charge is -2.13. The molecule has 4 rings (SSSR count). The van der Waals surface area contributed by atoms with Gasteiger partial charge in [0.15, 0.2) is 16.7 Å². The summed E-state index contributed by atoms with van der Waals surface area (Å²) in [6.45, 7) is 4.61. The Morgan fingerprint density at radius 2 is 1.80 bits per heavy atom. The Morgan fingerprint density at radius 1 is 0.971 bits per heavy atom. The Morgan fingerprint density at radius 3 is 2.57 bits per heavy atom. The molecule has 35 heavy (non-hydrogen) atoms. The predicted molar refractivity (Wildman–Crippen MR) is 145 cm³/mol. The molecule has 0 aliphatic carbocycles. The fourth-order valence-electron chi connectivity index (χ4n) is 3.24. The van der Waals surface area contributed by atoms with Crippen LogP contribution in [-0.4, -0.2) is 17.7 Å². The molecule has 1 fully saturated rings. The van der Waals surface area contributed by atoms with Crippen molar-refractivity contribution >= 4 is 69.4 Å². The average molecular weight is 548 g/mol. The van der Waals surface area contributed by atoms with Crippen LogP contribution >= 0.6 is 46.6 Å². The van der Waals surface area contributed by atoms with Gasteiger partial charge < -0.3 is 14.8 Å². The van der Waals surface area contributed by atoms with E-state index in [1.807, 2.05) is 44.2 Å². The van der Waals surface area contributed by atoms with Crippen molar-refractivity contribution in [3.05, 3.63) is 91.3 Å². The number of aryl methyl sites for hydroxylation is 1. The molecule has 0 bridgehead atoms. The number of amidine groups is 1. The highest BCUT2D eigenvalue weighted by molar-refractivity contribution is 8.18. The van der Waals surface area contributed by atoms with Crippen molar-refractivity contribution in [2.45, 2.75) is 20.5 Å². The zero-order valence-corrected chi connectivity index (χ0v) is 22.0. The van der Waals surface area contributed by atoms with Crippen LogP contribution in [0.3, 0.4) is 0 Å². The van der Waals surface area contributed by atoms with E-state index < -0.39 is 0 Å². The molecule has 9 heteroatoms. The maximum Gasteiger partial charge on any atom is 0.264 e. The fourth-order valence-corrected chi connectivity index (χ4v) is 4.56. The van der Waals surface area contributed by atoms with Crippen LogP contribution in [-0.2, 0) is 11.4 Å². The molecule has 3 aromatic carbocycles. The Balaban J connectivity index is 1.52. The standard InChI is InChI=1S/C26H21Cl3N2O3S/c1-3-33-23-11-16(6-9-22(23)34-14-17-5-8-19(28)20(29)10-17)12-24-25(32)31-26(35-24)30-21-13-18(27)7-4-15(21)2/h4-13H,3,14H2,1-2H3,(H,30,31,32)/b24-12-. The molecular formula is C26H21Cl3N2O3S. The van der Waals surface area contributed by atoms with E-state index in [2.05, 4.69) is 10.3 Å². The van der Waals surface area contributed by atoms with Crippen molar-refractivity contribution in [3.63, 3.8) is 0 Å². The van der Waals surface area contributed by atoms with E-state index in [9.17, 15) is 4.79 Å². The number of carbonyl (C=O) groups excluding carboxylic acids is 1. The third-order valence-electron chi connectivity index (χ3n) is 4.99. The van der Waals surface area contributed by atoms with Gasteiger partial charge in [-0.25, -0.2) is 4.99 Å². The van der Waals surface area contributed by atoms with Gasteiger partial charge in [0.25, 0.3) is 5.91 Å². The number of rotatable bonds is 7. The van der Waals surface area contributed by atoms with Crippen LogP contribution in [0.2, 0.25) is 15.1 Å². The summed E-state index contributed by atoms with van der Waals surface area (Å²) in [5, 5.41) is 4.86. The van der Waals surface area contributed by atoms with E-state index in [0.717, 1.165) is 16.7 Å². The average Bonchev–Trinajstić information content (AvgIpc) is 3.16. The molecule has 1 aliphatic rings. The zero-order valence-electron chi connectivity index (χ0n) is 18.9. The van der Waals surface area contributed by atoms with Crippen molar-refractivity contribution in [3.8, 4) is 11.5 Å². The summed E-state index contributed by atoms with van der Waals surface area (Å²) in [6.07, 6.45) is 1.79. The number of amides is 1. The zero-order chi connectivity index (χ0) is 24.9. The van der Waals surface area contributed by atoms with Gasteiger partial charge >= 0.3 is 0 Å². The number of benzene rings is 3. The first-order chi connectivity index (χ1) is 16.8. The van der Waals surface area contributed by atoms with Gasteiger partial charge in [0.1, 0.15) is 6.61 Å². The lowest BCUT2D eigenvalue weighted by atomic mass is 10.2. The lowest BCUT2D eigenvalue weighted by Crippen LogP contribution is -2.19. The summed E-state index contributed by atoms with van der Waals surface area (Å²) < 4.78 is 11.7. The summed E-state index contributed by atoms with van der Waals surface area (Å²) in [6, 6.07) is 16.3. The Bertz CT molecular complexity index is 1340. The van der Waals surface area contributed by atoms with Gasteiger partial charge in [-0.3, -0.25) is 4.79 Å². The second kappa shape index (κ2) is 11.4. The maximum absolute atomic E-state index is 12.5. The van der Waals surface area contributed by atoms with E-state index in [4.69, 9.17) is 44.3 Å². The molecule has 180 valence electrons. The largest absolute Gasteiger partial charge is 0.490 e.